The van der Waals surface area contributed by atoms with E-state index < -0.39 is 0 Å². The first kappa shape index (κ1) is 19.0. The summed E-state index contributed by atoms with van der Waals surface area (Å²) in [5.74, 6) is 4.08. The number of hydrogen-bond acceptors (Lipinski definition) is 4. The van der Waals surface area contributed by atoms with Gasteiger partial charge in [-0.2, -0.15) is 0 Å². The minimum absolute atomic E-state index is 0.111. The maximum atomic E-state index is 12.5. The molecule has 4 unspecified atom stereocenters. The molecule has 2 aromatic rings. The summed E-state index contributed by atoms with van der Waals surface area (Å²) < 4.78 is 11.0. The van der Waals surface area contributed by atoms with Gasteiger partial charge >= 0.3 is 0 Å². The summed E-state index contributed by atoms with van der Waals surface area (Å²) >= 11 is 0. The first-order valence-electron chi connectivity index (χ1n) is 10.4. The molecule has 1 N–H and O–H groups in total. The first-order valence-corrected chi connectivity index (χ1v) is 10.4. The Hall–Kier alpha value is -2.30. The zero-order valence-electron chi connectivity index (χ0n) is 17.0. The Morgan fingerprint density at radius 3 is 2.64 bits per heavy atom. The second-order valence-electron chi connectivity index (χ2n) is 8.61. The lowest BCUT2D eigenvalue weighted by atomic mass is 9.84. The van der Waals surface area contributed by atoms with Gasteiger partial charge in [0, 0.05) is 6.04 Å². The average Bonchev–Trinajstić information content (AvgIpc) is 3.38. The van der Waals surface area contributed by atoms with Gasteiger partial charge in [0.1, 0.15) is 18.1 Å². The predicted molar refractivity (Wildman–Crippen MR) is 107 cm³/mol. The Balaban J connectivity index is 1.26. The molecule has 4 atom stereocenters. The van der Waals surface area contributed by atoms with Crippen molar-refractivity contribution in [3.8, 4) is 5.75 Å². The van der Waals surface area contributed by atoms with Crippen LogP contribution in [0.4, 0.5) is 0 Å². The number of nitrogens with zero attached hydrogens (tertiary/aromatic N) is 1. The molecule has 28 heavy (non-hydrogen) atoms. The maximum Gasteiger partial charge on any atom is 0.224 e. The van der Waals surface area contributed by atoms with Gasteiger partial charge in [-0.3, -0.25) is 4.79 Å². The van der Waals surface area contributed by atoms with Crippen LogP contribution in [0.5, 0.6) is 5.75 Å². The van der Waals surface area contributed by atoms with Crippen molar-refractivity contribution in [1.29, 1.82) is 0 Å². The molecule has 2 aliphatic carbocycles. The molecule has 2 saturated carbocycles. The standard InChI is InChI=1S/C23H30N2O3/c1-14(21-11-18-4-7-19(21)10-18)24-23(26)12-17-5-8-20(9-6-17)27-13-22-15(2)25-28-16(22)3/h5-6,8-9,14,18-19,21H,4,7,10-13H2,1-3H3,(H,24,26). The summed E-state index contributed by atoms with van der Waals surface area (Å²) in [7, 11) is 0. The fourth-order valence-corrected chi connectivity index (χ4v) is 5.07. The minimum atomic E-state index is 0.111. The van der Waals surface area contributed by atoms with E-state index in [0.29, 0.717) is 18.9 Å². The third-order valence-electron chi connectivity index (χ3n) is 6.68. The highest BCUT2D eigenvalue weighted by Crippen LogP contribution is 2.49. The second kappa shape index (κ2) is 7.98. The van der Waals surface area contributed by atoms with Gasteiger partial charge < -0.3 is 14.6 Å². The summed E-state index contributed by atoms with van der Waals surface area (Å²) in [6, 6.07) is 8.04. The molecule has 1 heterocycles. The number of amides is 1. The van der Waals surface area contributed by atoms with Crippen molar-refractivity contribution < 1.29 is 14.1 Å². The number of aromatic nitrogens is 1. The van der Waals surface area contributed by atoms with Crippen LogP contribution in [0.25, 0.3) is 0 Å². The van der Waals surface area contributed by atoms with Crippen molar-refractivity contribution in [2.45, 2.75) is 65.5 Å². The van der Waals surface area contributed by atoms with Crippen molar-refractivity contribution in [3.63, 3.8) is 0 Å². The van der Waals surface area contributed by atoms with Gasteiger partial charge in [0.2, 0.25) is 5.91 Å². The highest BCUT2D eigenvalue weighted by molar-refractivity contribution is 5.78. The second-order valence-corrected chi connectivity index (χ2v) is 8.61. The number of carbonyl (C=O) groups excluding carboxylic acids is 1. The molecule has 0 saturated heterocycles. The lowest BCUT2D eigenvalue weighted by molar-refractivity contribution is -0.121. The molecule has 1 aromatic carbocycles. The van der Waals surface area contributed by atoms with Gasteiger partial charge in [0.05, 0.1) is 17.7 Å². The number of carbonyl (C=O) groups is 1. The molecule has 150 valence electrons. The lowest BCUT2D eigenvalue weighted by Gasteiger charge is -2.28. The van der Waals surface area contributed by atoms with E-state index in [1.807, 2.05) is 38.1 Å². The van der Waals surface area contributed by atoms with Crippen LogP contribution in [-0.4, -0.2) is 17.1 Å². The summed E-state index contributed by atoms with van der Waals surface area (Å²) in [4.78, 5) is 12.5. The summed E-state index contributed by atoms with van der Waals surface area (Å²) in [5, 5.41) is 7.18. The van der Waals surface area contributed by atoms with E-state index in [-0.39, 0.29) is 11.9 Å². The Bertz CT molecular complexity index is 807. The van der Waals surface area contributed by atoms with E-state index in [4.69, 9.17) is 9.26 Å². The molecule has 5 heteroatoms. The summed E-state index contributed by atoms with van der Waals surface area (Å²) in [6.07, 6.45) is 5.83. The maximum absolute atomic E-state index is 12.5. The zero-order valence-corrected chi connectivity index (χ0v) is 17.0. The van der Waals surface area contributed by atoms with E-state index in [0.717, 1.165) is 40.2 Å². The van der Waals surface area contributed by atoms with Crippen molar-refractivity contribution in [2.75, 3.05) is 0 Å². The fraction of sp³-hybridized carbons (Fsp3) is 0.565. The van der Waals surface area contributed by atoms with Crippen LogP contribution in [0.15, 0.2) is 28.8 Å². The van der Waals surface area contributed by atoms with Crippen molar-refractivity contribution in [2.24, 2.45) is 17.8 Å². The quantitative estimate of drug-likeness (QED) is 0.773. The highest BCUT2D eigenvalue weighted by atomic mass is 16.5. The van der Waals surface area contributed by atoms with E-state index in [2.05, 4.69) is 17.4 Å². The van der Waals surface area contributed by atoms with Gasteiger partial charge in [-0.15, -0.1) is 0 Å². The third kappa shape index (κ3) is 4.08. The summed E-state index contributed by atoms with van der Waals surface area (Å²) in [6.45, 7) is 6.41. The molecular weight excluding hydrogens is 352 g/mol. The van der Waals surface area contributed by atoms with Gasteiger partial charge in [0.15, 0.2) is 0 Å². The Kier molecular flexibility index (Phi) is 5.42. The molecule has 1 amide bonds. The lowest BCUT2D eigenvalue weighted by Crippen LogP contribution is -2.40. The number of fused-ring (bicyclic) bond motifs is 2. The smallest absolute Gasteiger partial charge is 0.224 e. The van der Waals surface area contributed by atoms with Crippen LogP contribution in [0.1, 0.15) is 55.2 Å². The fourth-order valence-electron chi connectivity index (χ4n) is 5.07. The van der Waals surface area contributed by atoms with E-state index in [9.17, 15) is 4.79 Å². The molecule has 5 nitrogen and oxygen atoms in total. The van der Waals surface area contributed by atoms with Gasteiger partial charge in [0.25, 0.3) is 0 Å². The molecule has 2 bridgehead atoms. The largest absolute Gasteiger partial charge is 0.489 e. The molecule has 0 spiro atoms. The highest BCUT2D eigenvalue weighted by Gasteiger charge is 2.42. The SMILES string of the molecule is Cc1noc(C)c1COc1ccc(CC(=O)NC(C)C2CC3CCC2C3)cc1. The molecule has 4 rings (SSSR count). The number of rotatable bonds is 7. The normalized spacial score (nSPS) is 24.3. The van der Waals surface area contributed by atoms with Crippen LogP contribution < -0.4 is 10.1 Å². The molecule has 2 aliphatic rings. The van der Waals surface area contributed by atoms with Crippen molar-refractivity contribution in [1.82, 2.24) is 10.5 Å². The van der Waals surface area contributed by atoms with Crippen LogP contribution in [0.2, 0.25) is 0 Å². The van der Waals surface area contributed by atoms with E-state index >= 15 is 0 Å². The molecular formula is C23H30N2O3. The Labute approximate surface area is 166 Å². The molecule has 0 aliphatic heterocycles. The van der Waals surface area contributed by atoms with Crippen molar-refractivity contribution in [3.05, 3.63) is 46.8 Å². The van der Waals surface area contributed by atoms with Crippen LogP contribution >= 0.6 is 0 Å². The van der Waals surface area contributed by atoms with Crippen molar-refractivity contribution >= 4 is 5.91 Å². The number of hydrogen-bond donors (Lipinski definition) is 1. The number of ether oxygens (including phenoxy) is 1. The van der Waals surface area contributed by atoms with Gasteiger partial charge in [-0.25, -0.2) is 0 Å². The Morgan fingerprint density at radius 1 is 1.25 bits per heavy atom. The zero-order chi connectivity index (χ0) is 19.7. The predicted octanol–water partition coefficient (Wildman–Crippen LogP) is 4.35. The molecule has 2 fully saturated rings. The molecule has 0 radical (unpaired) electrons. The first-order chi connectivity index (χ1) is 13.5. The van der Waals surface area contributed by atoms with E-state index in [1.165, 1.54) is 25.7 Å². The van der Waals surface area contributed by atoms with Gasteiger partial charge in [-0.05, 0) is 75.5 Å². The number of nitrogens with one attached hydrogen (secondary N) is 1. The van der Waals surface area contributed by atoms with Gasteiger partial charge in [-0.1, -0.05) is 23.7 Å². The monoisotopic (exact) mass is 382 g/mol. The Morgan fingerprint density at radius 2 is 2.04 bits per heavy atom. The third-order valence-corrected chi connectivity index (χ3v) is 6.68. The van der Waals surface area contributed by atoms with Crippen LogP contribution in [-0.2, 0) is 17.8 Å². The molecule has 1 aromatic heterocycles. The number of benzene rings is 1. The van der Waals surface area contributed by atoms with Crippen LogP contribution in [0.3, 0.4) is 0 Å². The summed E-state index contributed by atoms with van der Waals surface area (Å²) in [5.41, 5.74) is 2.84. The number of aryl methyl sites for hydroxylation is 2. The topological polar surface area (TPSA) is 64.4 Å². The van der Waals surface area contributed by atoms with E-state index in [1.54, 1.807) is 0 Å². The van der Waals surface area contributed by atoms with Crippen LogP contribution in [0, 0.1) is 31.6 Å². The average molecular weight is 383 g/mol. The minimum Gasteiger partial charge on any atom is -0.489 e.